The molecule has 0 saturated heterocycles. The van der Waals surface area contributed by atoms with Gasteiger partial charge < -0.3 is 13.9 Å². The maximum Gasteiger partial charge on any atom is 0.277 e. The molecule has 2 heterocycles. The quantitative estimate of drug-likeness (QED) is 0.367. The van der Waals surface area contributed by atoms with E-state index in [1.54, 1.807) is 18.2 Å². The molecule has 0 fully saturated rings. The predicted molar refractivity (Wildman–Crippen MR) is 92.6 cm³/mol. The highest BCUT2D eigenvalue weighted by atomic mass is 32.2. The summed E-state index contributed by atoms with van der Waals surface area (Å²) in [6.07, 6.45) is 0. The van der Waals surface area contributed by atoms with E-state index in [2.05, 4.69) is 10.2 Å². The molecule has 3 aromatic rings. The highest BCUT2D eigenvalue weighted by Crippen LogP contribution is 2.36. The molecule has 0 bridgehead atoms. The lowest BCUT2D eigenvalue weighted by Gasteiger charge is -2.20. The average molecular weight is 389 g/mol. The Morgan fingerprint density at radius 1 is 1.26 bits per heavy atom. The molecule has 0 spiro atoms. The summed E-state index contributed by atoms with van der Waals surface area (Å²) in [4.78, 5) is 10.7. The van der Waals surface area contributed by atoms with Crippen LogP contribution in [-0.4, -0.2) is 21.9 Å². The zero-order chi connectivity index (χ0) is 18.8. The number of benzene rings is 2. The minimum atomic E-state index is -0.466. The van der Waals surface area contributed by atoms with Crippen molar-refractivity contribution in [3.63, 3.8) is 0 Å². The third-order valence-electron chi connectivity index (χ3n) is 3.84. The van der Waals surface area contributed by atoms with Crippen LogP contribution >= 0.6 is 11.8 Å². The van der Waals surface area contributed by atoms with E-state index in [1.807, 2.05) is 0 Å². The maximum atomic E-state index is 13.8. The molecule has 138 valence electrons. The Morgan fingerprint density at radius 2 is 2.11 bits per heavy atom. The molecule has 4 rings (SSSR count). The number of nitro groups is 1. The topological polar surface area (TPSA) is 101 Å². The number of fused-ring (bicyclic) bond motifs is 1. The van der Waals surface area contributed by atoms with Crippen LogP contribution in [0.15, 0.2) is 46.0 Å². The summed E-state index contributed by atoms with van der Waals surface area (Å²) in [5.74, 6) is 0.483. The number of non-ortho nitro benzene ring substituents is 1. The molecule has 0 radical (unpaired) electrons. The fraction of sp³-hybridized carbons (Fsp3) is 0.176. The minimum Gasteiger partial charge on any atom is -0.467 e. The fourth-order valence-electron chi connectivity index (χ4n) is 2.64. The van der Waals surface area contributed by atoms with Crippen molar-refractivity contribution in [1.29, 1.82) is 0 Å². The van der Waals surface area contributed by atoms with E-state index in [0.29, 0.717) is 22.6 Å². The van der Waals surface area contributed by atoms with Crippen molar-refractivity contribution in [2.75, 3.05) is 6.79 Å². The summed E-state index contributed by atoms with van der Waals surface area (Å²) in [7, 11) is 0. The van der Waals surface area contributed by atoms with Crippen molar-refractivity contribution < 1.29 is 23.2 Å². The van der Waals surface area contributed by atoms with Crippen LogP contribution in [0, 0.1) is 15.9 Å². The van der Waals surface area contributed by atoms with E-state index in [0.717, 1.165) is 0 Å². The smallest absolute Gasteiger partial charge is 0.277 e. The lowest BCUT2D eigenvalue weighted by atomic mass is 10.1. The van der Waals surface area contributed by atoms with Crippen LogP contribution in [-0.2, 0) is 17.1 Å². The Morgan fingerprint density at radius 3 is 2.93 bits per heavy atom. The number of thioether (sulfide) groups is 1. The zero-order valence-corrected chi connectivity index (χ0v) is 14.6. The Hall–Kier alpha value is -2.98. The number of nitro benzene ring substituents is 1. The Kier molecular flexibility index (Phi) is 4.73. The molecule has 0 amide bonds. The second kappa shape index (κ2) is 7.33. The molecule has 1 aromatic heterocycles. The monoisotopic (exact) mass is 389 g/mol. The zero-order valence-electron chi connectivity index (χ0n) is 13.8. The van der Waals surface area contributed by atoms with Gasteiger partial charge in [0.15, 0.2) is 6.79 Å². The van der Waals surface area contributed by atoms with Crippen LogP contribution in [0.1, 0.15) is 11.1 Å². The van der Waals surface area contributed by atoms with E-state index in [1.165, 1.54) is 30.0 Å². The van der Waals surface area contributed by atoms with Gasteiger partial charge in [0.2, 0.25) is 0 Å². The van der Waals surface area contributed by atoms with Crippen LogP contribution in [0.5, 0.6) is 5.75 Å². The van der Waals surface area contributed by atoms with Gasteiger partial charge in [0.1, 0.15) is 11.6 Å². The number of nitrogens with zero attached hydrogens (tertiary/aromatic N) is 3. The fourth-order valence-corrected chi connectivity index (χ4v) is 3.37. The van der Waals surface area contributed by atoms with Crippen LogP contribution < -0.4 is 4.74 Å². The first-order chi connectivity index (χ1) is 13.1. The highest BCUT2D eigenvalue weighted by molar-refractivity contribution is 7.98. The van der Waals surface area contributed by atoms with Crippen LogP contribution in [0.25, 0.3) is 11.5 Å². The van der Waals surface area contributed by atoms with Crippen molar-refractivity contribution in [2.24, 2.45) is 0 Å². The number of rotatable bonds is 5. The summed E-state index contributed by atoms with van der Waals surface area (Å²) in [5.41, 5.74) is 1.41. The SMILES string of the molecule is O=[N+]([O-])c1cc2c(c(CSc3nnc(-c4ccccc4F)o3)c1)OCOC2. The van der Waals surface area contributed by atoms with Gasteiger partial charge in [0, 0.05) is 29.0 Å². The van der Waals surface area contributed by atoms with Gasteiger partial charge in [0.05, 0.1) is 17.1 Å². The molecule has 0 N–H and O–H groups in total. The molecular weight excluding hydrogens is 377 g/mol. The Labute approximate surface area is 156 Å². The second-order valence-electron chi connectivity index (χ2n) is 5.60. The van der Waals surface area contributed by atoms with Crippen LogP contribution in [0.3, 0.4) is 0 Å². The Balaban J connectivity index is 1.56. The van der Waals surface area contributed by atoms with E-state index in [4.69, 9.17) is 13.9 Å². The first-order valence-electron chi connectivity index (χ1n) is 7.84. The van der Waals surface area contributed by atoms with E-state index in [9.17, 15) is 14.5 Å². The van der Waals surface area contributed by atoms with Crippen LogP contribution in [0.4, 0.5) is 10.1 Å². The molecule has 0 saturated carbocycles. The highest BCUT2D eigenvalue weighted by Gasteiger charge is 2.22. The predicted octanol–water partition coefficient (Wildman–Crippen LogP) is 3.94. The largest absolute Gasteiger partial charge is 0.467 e. The third kappa shape index (κ3) is 3.62. The molecular formula is C17H12FN3O5S. The number of halogens is 1. The van der Waals surface area contributed by atoms with Gasteiger partial charge >= 0.3 is 0 Å². The summed E-state index contributed by atoms with van der Waals surface area (Å²) in [6.45, 7) is 0.327. The average Bonchev–Trinajstić information content (AvgIpc) is 3.15. The molecule has 0 atom stereocenters. The van der Waals surface area contributed by atoms with Gasteiger partial charge in [-0.1, -0.05) is 23.9 Å². The third-order valence-corrected chi connectivity index (χ3v) is 4.71. The summed E-state index contributed by atoms with van der Waals surface area (Å²) < 4.78 is 30.0. The molecule has 0 aliphatic carbocycles. The first kappa shape index (κ1) is 17.4. The first-order valence-corrected chi connectivity index (χ1v) is 8.82. The van der Waals surface area contributed by atoms with Gasteiger partial charge in [-0.15, -0.1) is 10.2 Å². The van der Waals surface area contributed by atoms with Gasteiger partial charge in [-0.3, -0.25) is 10.1 Å². The molecule has 1 aliphatic rings. The van der Waals surface area contributed by atoms with Crippen molar-refractivity contribution >= 4 is 17.4 Å². The number of hydrogen-bond acceptors (Lipinski definition) is 8. The minimum absolute atomic E-state index is 0.0453. The van der Waals surface area contributed by atoms with Crippen molar-refractivity contribution in [2.45, 2.75) is 17.6 Å². The number of ether oxygens (including phenoxy) is 2. The van der Waals surface area contributed by atoms with Gasteiger partial charge in [0.25, 0.3) is 16.8 Å². The van der Waals surface area contributed by atoms with Gasteiger partial charge in [-0.25, -0.2) is 4.39 Å². The summed E-state index contributed by atoms with van der Waals surface area (Å²) in [5, 5.41) is 19.1. The molecule has 2 aromatic carbocycles. The normalized spacial score (nSPS) is 13.1. The summed E-state index contributed by atoms with van der Waals surface area (Å²) in [6, 6.07) is 8.98. The number of aromatic nitrogens is 2. The van der Waals surface area contributed by atoms with E-state index >= 15 is 0 Å². The van der Waals surface area contributed by atoms with Crippen molar-refractivity contribution in [3.8, 4) is 17.2 Å². The number of hydrogen-bond donors (Lipinski definition) is 0. The lowest BCUT2D eigenvalue weighted by molar-refractivity contribution is -0.385. The molecule has 27 heavy (non-hydrogen) atoms. The molecule has 0 unspecified atom stereocenters. The lowest BCUT2D eigenvalue weighted by Crippen LogP contribution is -2.13. The maximum absolute atomic E-state index is 13.8. The standard InChI is InChI=1S/C17H12FN3O5S/c18-14-4-2-1-3-13(14)16-19-20-17(26-16)27-8-11-6-12(21(22)23)5-10-7-24-9-25-15(10)11/h1-6H,7-9H2. The molecule has 1 aliphatic heterocycles. The van der Waals surface area contributed by atoms with E-state index < -0.39 is 10.7 Å². The van der Waals surface area contributed by atoms with E-state index in [-0.39, 0.29) is 35.8 Å². The van der Waals surface area contributed by atoms with Gasteiger partial charge in [-0.2, -0.15) is 0 Å². The van der Waals surface area contributed by atoms with Crippen LogP contribution in [0.2, 0.25) is 0 Å². The van der Waals surface area contributed by atoms with Gasteiger partial charge in [-0.05, 0) is 12.1 Å². The van der Waals surface area contributed by atoms with Crippen molar-refractivity contribution in [3.05, 3.63) is 63.5 Å². The molecule has 8 nitrogen and oxygen atoms in total. The Bertz CT molecular complexity index is 1010. The molecule has 10 heteroatoms. The second-order valence-corrected chi connectivity index (χ2v) is 6.53. The summed E-state index contributed by atoms with van der Waals surface area (Å²) >= 11 is 1.18. The van der Waals surface area contributed by atoms with Crippen molar-refractivity contribution in [1.82, 2.24) is 10.2 Å².